The lowest BCUT2D eigenvalue weighted by atomic mass is 10.1. The Balaban J connectivity index is 2.24. The average Bonchev–Trinajstić information content (AvgIpc) is 3.07. The minimum Gasteiger partial charge on any atom is -0.409 e. The molecule has 1 fully saturated rings. The topological polar surface area (TPSA) is 87.7 Å². The second kappa shape index (κ2) is 4.97. The number of amidine groups is 1. The lowest BCUT2D eigenvalue weighted by molar-refractivity contribution is -0.117. The number of halogens is 1. The first-order valence-electron chi connectivity index (χ1n) is 5.61. The third-order valence-corrected chi connectivity index (χ3v) is 3.56. The molecule has 18 heavy (non-hydrogen) atoms. The summed E-state index contributed by atoms with van der Waals surface area (Å²) >= 11 is 3.31. The van der Waals surface area contributed by atoms with Gasteiger partial charge in [-0.3, -0.25) is 4.79 Å². The second-order valence-electron chi connectivity index (χ2n) is 4.48. The normalized spacial score (nSPS) is 22.7. The van der Waals surface area contributed by atoms with Crippen molar-refractivity contribution in [3.63, 3.8) is 0 Å². The van der Waals surface area contributed by atoms with E-state index in [0.717, 1.165) is 10.9 Å². The molecule has 4 N–H and O–H groups in total. The van der Waals surface area contributed by atoms with Gasteiger partial charge in [0.25, 0.3) is 0 Å². The smallest absolute Gasteiger partial charge is 0.227 e. The van der Waals surface area contributed by atoms with Gasteiger partial charge >= 0.3 is 0 Å². The SMILES string of the molecule is CC1CC1C(=O)Nc1ccc(Br)cc1/C(N)=N/O. The van der Waals surface area contributed by atoms with Crippen LogP contribution >= 0.6 is 15.9 Å². The van der Waals surface area contributed by atoms with Crippen LogP contribution in [0.3, 0.4) is 0 Å². The number of rotatable bonds is 3. The summed E-state index contributed by atoms with van der Waals surface area (Å²) < 4.78 is 0.793. The summed E-state index contributed by atoms with van der Waals surface area (Å²) in [5.41, 5.74) is 6.63. The van der Waals surface area contributed by atoms with Crippen molar-refractivity contribution in [2.45, 2.75) is 13.3 Å². The van der Waals surface area contributed by atoms with E-state index in [0.29, 0.717) is 17.2 Å². The Labute approximate surface area is 113 Å². The van der Waals surface area contributed by atoms with Gasteiger partial charge in [-0.1, -0.05) is 28.0 Å². The molecule has 0 bridgehead atoms. The first-order chi connectivity index (χ1) is 8.52. The van der Waals surface area contributed by atoms with Crippen LogP contribution < -0.4 is 11.1 Å². The molecular weight excluding hydrogens is 298 g/mol. The largest absolute Gasteiger partial charge is 0.409 e. The van der Waals surface area contributed by atoms with Gasteiger partial charge in [0, 0.05) is 16.0 Å². The van der Waals surface area contributed by atoms with Gasteiger partial charge in [-0.25, -0.2) is 0 Å². The highest BCUT2D eigenvalue weighted by molar-refractivity contribution is 9.10. The molecule has 2 atom stereocenters. The van der Waals surface area contributed by atoms with Crippen molar-refractivity contribution in [2.75, 3.05) is 5.32 Å². The Morgan fingerprint density at radius 2 is 2.28 bits per heavy atom. The fourth-order valence-electron chi connectivity index (χ4n) is 1.80. The summed E-state index contributed by atoms with van der Waals surface area (Å²) in [6.07, 6.45) is 0.918. The van der Waals surface area contributed by atoms with Crippen LogP contribution in [0.5, 0.6) is 0 Å². The summed E-state index contributed by atoms with van der Waals surface area (Å²) in [7, 11) is 0. The number of oxime groups is 1. The van der Waals surface area contributed by atoms with E-state index in [4.69, 9.17) is 10.9 Å². The molecule has 0 saturated heterocycles. The van der Waals surface area contributed by atoms with Gasteiger partial charge in [-0.05, 0) is 30.5 Å². The molecule has 1 aliphatic rings. The molecule has 1 amide bonds. The Hall–Kier alpha value is -1.56. The van der Waals surface area contributed by atoms with E-state index in [9.17, 15) is 4.79 Å². The molecular formula is C12H14BrN3O2. The molecule has 1 aromatic carbocycles. The molecule has 1 saturated carbocycles. The highest BCUT2D eigenvalue weighted by atomic mass is 79.9. The summed E-state index contributed by atoms with van der Waals surface area (Å²) in [6, 6.07) is 5.21. The molecule has 96 valence electrons. The highest BCUT2D eigenvalue weighted by Crippen LogP contribution is 2.38. The Kier molecular flexibility index (Phi) is 3.56. The summed E-state index contributed by atoms with van der Waals surface area (Å²) in [5, 5.41) is 14.5. The van der Waals surface area contributed by atoms with E-state index < -0.39 is 0 Å². The number of nitrogens with zero attached hydrogens (tertiary/aromatic N) is 1. The van der Waals surface area contributed by atoms with Crippen molar-refractivity contribution in [1.29, 1.82) is 0 Å². The Bertz CT molecular complexity index is 516. The molecule has 0 aliphatic heterocycles. The number of carbonyl (C=O) groups is 1. The zero-order chi connectivity index (χ0) is 13.3. The van der Waals surface area contributed by atoms with E-state index in [1.54, 1.807) is 18.2 Å². The van der Waals surface area contributed by atoms with E-state index in [1.165, 1.54) is 0 Å². The number of nitrogens with one attached hydrogen (secondary N) is 1. The van der Waals surface area contributed by atoms with Crippen LogP contribution in [-0.2, 0) is 4.79 Å². The Morgan fingerprint density at radius 3 is 2.83 bits per heavy atom. The van der Waals surface area contributed by atoms with Crippen LogP contribution in [0.4, 0.5) is 5.69 Å². The molecule has 1 aliphatic carbocycles. The van der Waals surface area contributed by atoms with Crippen molar-refractivity contribution in [2.24, 2.45) is 22.7 Å². The molecule has 6 heteroatoms. The second-order valence-corrected chi connectivity index (χ2v) is 5.40. The standard InChI is InChI=1S/C12H14BrN3O2/c1-6-4-8(6)12(17)15-10-3-2-7(13)5-9(10)11(14)16-18/h2-3,5-6,8,18H,4H2,1H3,(H2,14,16)(H,15,17). The molecule has 0 radical (unpaired) electrons. The maximum atomic E-state index is 11.9. The van der Waals surface area contributed by atoms with E-state index in [-0.39, 0.29) is 17.7 Å². The zero-order valence-electron chi connectivity index (χ0n) is 9.85. The number of nitrogens with two attached hydrogens (primary N) is 1. The molecule has 2 rings (SSSR count). The van der Waals surface area contributed by atoms with Crippen LogP contribution in [-0.4, -0.2) is 17.0 Å². The first-order valence-corrected chi connectivity index (χ1v) is 6.40. The van der Waals surface area contributed by atoms with Crippen LogP contribution in [0, 0.1) is 11.8 Å². The van der Waals surface area contributed by atoms with E-state index >= 15 is 0 Å². The third kappa shape index (κ3) is 2.64. The van der Waals surface area contributed by atoms with Gasteiger partial charge in [0.15, 0.2) is 5.84 Å². The average molecular weight is 312 g/mol. The zero-order valence-corrected chi connectivity index (χ0v) is 11.4. The van der Waals surface area contributed by atoms with E-state index in [2.05, 4.69) is 26.4 Å². The van der Waals surface area contributed by atoms with Crippen molar-refractivity contribution in [3.8, 4) is 0 Å². The minimum absolute atomic E-state index is 0.0168. The monoisotopic (exact) mass is 311 g/mol. The lowest BCUT2D eigenvalue weighted by Gasteiger charge is -2.10. The molecule has 5 nitrogen and oxygen atoms in total. The van der Waals surface area contributed by atoms with Crippen LogP contribution in [0.1, 0.15) is 18.9 Å². The molecule has 0 heterocycles. The lowest BCUT2D eigenvalue weighted by Crippen LogP contribution is -2.20. The third-order valence-electron chi connectivity index (χ3n) is 3.07. The number of carbonyl (C=O) groups excluding carboxylic acids is 1. The van der Waals surface area contributed by atoms with Gasteiger partial charge in [0.1, 0.15) is 0 Å². The van der Waals surface area contributed by atoms with E-state index in [1.807, 2.05) is 6.92 Å². The van der Waals surface area contributed by atoms with Crippen LogP contribution in [0.2, 0.25) is 0 Å². The van der Waals surface area contributed by atoms with Gasteiger partial charge in [-0.15, -0.1) is 0 Å². The Morgan fingerprint density at radius 1 is 1.61 bits per heavy atom. The molecule has 2 unspecified atom stereocenters. The highest BCUT2D eigenvalue weighted by Gasteiger charge is 2.39. The number of anilines is 1. The minimum atomic E-state index is -0.0320. The fraction of sp³-hybridized carbons (Fsp3) is 0.333. The van der Waals surface area contributed by atoms with Crippen molar-refractivity contribution in [3.05, 3.63) is 28.2 Å². The van der Waals surface area contributed by atoms with Gasteiger partial charge in [-0.2, -0.15) is 0 Å². The molecule has 0 spiro atoms. The predicted octanol–water partition coefficient (Wildman–Crippen LogP) is 2.14. The fourth-order valence-corrected chi connectivity index (χ4v) is 2.17. The molecule has 0 aromatic heterocycles. The van der Waals surface area contributed by atoms with Crippen molar-refractivity contribution in [1.82, 2.24) is 0 Å². The number of hydrogen-bond acceptors (Lipinski definition) is 3. The number of amides is 1. The van der Waals surface area contributed by atoms with Crippen molar-refractivity contribution < 1.29 is 10.0 Å². The van der Waals surface area contributed by atoms with Gasteiger partial charge in [0.2, 0.25) is 5.91 Å². The maximum Gasteiger partial charge on any atom is 0.227 e. The summed E-state index contributed by atoms with van der Waals surface area (Å²) in [4.78, 5) is 11.9. The first kappa shape index (κ1) is 12.9. The maximum absolute atomic E-state index is 11.9. The predicted molar refractivity (Wildman–Crippen MR) is 72.6 cm³/mol. The summed E-state index contributed by atoms with van der Waals surface area (Å²) in [5.74, 6) is 0.466. The van der Waals surface area contributed by atoms with Crippen LogP contribution in [0.15, 0.2) is 27.8 Å². The number of hydrogen-bond donors (Lipinski definition) is 3. The quantitative estimate of drug-likeness (QED) is 0.346. The van der Waals surface area contributed by atoms with Crippen LogP contribution in [0.25, 0.3) is 0 Å². The van der Waals surface area contributed by atoms with Gasteiger partial charge in [0.05, 0.1) is 5.69 Å². The van der Waals surface area contributed by atoms with Crippen molar-refractivity contribution >= 4 is 33.4 Å². The summed E-state index contributed by atoms with van der Waals surface area (Å²) in [6.45, 7) is 2.04. The molecule has 1 aromatic rings. The number of benzene rings is 1. The van der Waals surface area contributed by atoms with Gasteiger partial charge < -0.3 is 16.3 Å².